The maximum absolute atomic E-state index is 12.1. The molecule has 0 aliphatic heterocycles. The molecule has 3 N–H and O–H groups in total. The van der Waals surface area contributed by atoms with Gasteiger partial charge in [-0.3, -0.25) is 4.79 Å². The standard InChI is InChI=1S/C13H15Cl4N3O/c1-7(2)10(18)19-12(13(15,16)17)20-11(21)8-3-5-9(14)6-4-8/h3-7,12H,1-2H3,(H2,18,19)(H,20,21)/t12-/m1/s1. The molecule has 116 valence electrons. The van der Waals surface area contributed by atoms with Crippen molar-refractivity contribution >= 4 is 58.1 Å². The van der Waals surface area contributed by atoms with Crippen LogP contribution in [0.5, 0.6) is 0 Å². The van der Waals surface area contributed by atoms with Crippen molar-refractivity contribution in [2.45, 2.75) is 23.8 Å². The Labute approximate surface area is 143 Å². The van der Waals surface area contributed by atoms with Gasteiger partial charge >= 0.3 is 0 Å². The number of rotatable bonds is 4. The van der Waals surface area contributed by atoms with Gasteiger partial charge < -0.3 is 11.1 Å². The lowest BCUT2D eigenvalue weighted by Crippen LogP contribution is -2.44. The van der Waals surface area contributed by atoms with Crippen molar-refractivity contribution in [2.24, 2.45) is 16.6 Å². The van der Waals surface area contributed by atoms with Crippen LogP contribution in [0.3, 0.4) is 0 Å². The van der Waals surface area contributed by atoms with Crippen molar-refractivity contribution in [1.82, 2.24) is 5.32 Å². The summed E-state index contributed by atoms with van der Waals surface area (Å²) in [5, 5.41) is 3.05. The highest BCUT2D eigenvalue weighted by Crippen LogP contribution is 2.31. The molecule has 21 heavy (non-hydrogen) atoms. The number of amidine groups is 1. The third-order valence-corrected chi connectivity index (χ3v) is 3.43. The molecule has 0 bridgehead atoms. The van der Waals surface area contributed by atoms with Gasteiger partial charge in [-0.15, -0.1) is 0 Å². The average molecular weight is 371 g/mol. The quantitative estimate of drug-likeness (QED) is 0.481. The van der Waals surface area contributed by atoms with Gasteiger partial charge in [-0.25, -0.2) is 4.99 Å². The zero-order valence-electron chi connectivity index (χ0n) is 11.4. The van der Waals surface area contributed by atoms with Gasteiger partial charge in [0.25, 0.3) is 5.91 Å². The lowest BCUT2D eigenvalue weighted by atomic mass is 10.2. The van der Waals surface area contributed by atoms with Crippen molar-refractivity contribution in [2.75, 3.05) is 0 Å². The predicted molar refractivity (Wildman–Crippen MR) is 89.5 cm³/mol. The number of alkyl halides is 3. The third kappa shape index (κ3) is 5.91. The molecule has 0 aliphatic rings. The van der Waals surface area contributed by atoms with Crippen LogP contribution >= 0.6 is 46.4 Å². The van der Waals surface area contributed by atoms with E-state index in [4.69, 9.17) is 52.1 Å². The number of benzene rings is 1. The van der Waals surface area contributed by atoms with Gasteiger partial charge in [0.1, 0.15) is 0 Å². The first-order valence-electron chi connectivity index (χ1n) is 6.07. The van der Waals surface area contributed by atoms with Gasteiger partial charge in [-0.2, -0.15) is 0 Å². The summed E-state index contributed by atoms with van der Waals surface area (Å²) in [5.74, 6) is -0.196. The van der Waals surface area contributed by atoms with Gasteiger partial charge in [-0.05, 0) is 24.3 Å². The van der Waals surface area contributed by atoms with Crippen molar-refractivity contribution in [3.63, 3.8) is 0 Å². The molecule has 0 radical (unpaired) electrons. The van der Waals surface area contributed by atoms with E-state index in [1.165, 1.54) is 0 Å². The van der Waals surface area contributed by atoms with E-state index in [2.05, 4.69) is 10.3 Å². The van der Waals surface area contributed by atoms with E-state index in [0.717, 1.165) is 0 Å². The molecule has 0 spiro atoms. The second kappa shape index (κ2) is 7.54. The van der Waals surface area contributed by atoms with Crippen LogP contribution in [-0.4, -0.2) is 21.7 Å². The molecule has 0 aliphatic carbocycles. The number of hydrogen-bond donors (Lipinski definition) is 2. The summed E-state index contributed by atoms with van der Waals surface area (Å²) in [6.45, 7) is 3.69. The Kier molecular flexibility index (Phi) is 6.60. The Morgan fingerprint density at radius 3 is 2.19 bits per heavy atom. The molecule has 1 aromatic carbocycles. The minimum absolute atomic E-state index is 0.0349. The summed E-state index contributed by atoms with van der Waals surface area (Å²) in [6.07, 6.45) is -1.09. The molecule has 0 saturated carbocycles. The van der Waals surface area contributed by atoms with Gasteiger partial charge in [0, 0.05) is 16.5 Å². The molecule has 0 heterocycles. The minimum Gasteiger partial charge on any atom is -0.387 e. The molecule has 4 nitrogen and oxygen atoms in total. The number of carbonyl (C=O) groups excluding carboxylic acids is 1. The molecule has 0 unspecified atom stereocenters. The third-order valence-electron chi connectivity index (χ3n) is 2.55. The van der Waals surface area contributed by atoms with E-state index in [1.807, 2.05) is 13.8 Å². The lowest BCUT2D eigenvalue weighted by molar-refractivity contribution is 0.0939. The van der Waals surface area contributed by atoms with Crippen LogP contribution in [0.2, 0.25) is 5.02 Å². The Morgan fingerprint density at radius 2 is 1.76 bits per heavy atom. The molecule has 0 saturated heterocycles. The Hall–Kier alpha value is -0.680. The number of nitrogens with zero attached hydrogens (tertiary/aromatic N) is 1. The largest absolute Gasteiger partial charge is 0.387 e. The molecule has 1 rings (SSSR count). The van der Waals surface area contributed by atoms with Gasteiger partial charge in [0.05, 0.1) is 5.84 Å². The SMILES string of the molecule is CC(C)C(N)=N[C@H](NC(=O)c1ccc(Cl)cc1)C(Cl)(Cl)Cl. The van der Waals surface area contributed by atoms with E-state index in [-0.39, 0.29) is 11.8 Å². The zero-order chi connectivity index (χ0) is 16.2. The first kappa shape index (κ1) is 18.4. The summed E-state index contributed by atoms with van der Waals surface area (Å²) in [4.78, 5) is 16.2. The monoisotopic (exact) mass is 369 g/mol. The highest BCUT2D eigenvalue weighted by molar-refractivity contribution is 6.68. The number of hydrogen-bond acceptors (Lipinski definition) is 2. The van der Waals surface area contributed by atoms with Gasteiger partial charge in [0.15, 0.2) is 6.17 Å². The fraction of sp³-hybridized carbons (Fsp3) is 0.385. The van der Waals surface area contributed by atoms with Gasteiger partial charge in [0.2, 0.25) is 3.79 Å². The Morgan fingerprint density at radius 1 is 1.24 bits per heavy atom. The second-order valence-electron chi connectivity index (χ2n) is 4.63. The van der Waals surface area contributed by atoms with Crippen LogP contribution in [0, 0.1) is 5.92 Å². The minimum atomic E-state index is -1.82. The molecule has 1 amide bonds. The number of halogens is 4. The molecular weight excluding hydrogens is 356 g/mol. The van der Waals surface area contributed by atoms with Crippen LogP contribution in [0.1, 0.15) is 24.2 Å². The fourth-order valence-corrected chi connectivity index (χ4v) is 1.73. The lowest BCUT2D eigenvalue weighted by Gasteiger charge is -2.23. The predicted octanol–water partition coefficient (Wildman–Crippen LogP) is 3.78. The molecule has 8 heteroatoms. The highest BCUT2D eigenvalue weighted by Gasteiger charge is 2.34. The van der Waals surface area contributed by atoms with Crippen molar-refractivity contribution < 1.29 is 4.79 Å². The fourth-order valence-electron chi connectivity index (χ4n) is 1.29. The normalized spacial score (nSPS) is 14.1. The van der Waals surface area contributed by atoms with Crippen molar-refractivity contribution in [3.8, 4) is 0 Å². The van der Waals surface area contributed by atoms with Crippen LogP contribution < -0.4 is 11.1 Å². The summed E-state index contributed by atoms with van der Waals surface area (Å²) in [7, 11) is 0. The molecular formula is C13H15Cl4N3O. The average Bonchev–Trinajstić information content (AvgIpc) is 2.37. The Bertz CT molecular complexity index is 523. The summed E-state index contributed by atoms with van der Waals surface area (Å²) in [5.41, 5.74) is 6.13. The maximum atomic E-state index is 12.1. The van der Waals surface area contributed by atoms with Crippen molar-refractivity contribution in [1.29, 1.82) is 0 Å². The smallest absolute Gasteiger partial charge is 0.253 e. The van der Waals surface area contributed by atoms with Gasteiger partial charge in [-0.1, -0.05) is 60.3 Å². The van der Waals surface area contributed by atoms with Crippen LogP contribution in [-0.2, 0) is 0 Å². The van der Waals surface area contributed by atoms with E-state index in [1.54, 1.807) is 24.3 Å². The molecule has 0 fully saturated rings. The first-order chi connectivity index (χ1) is 9.61. The summed E-state index contributed by atoms with van der Waals surface area (Å²) < 4.78 is -1.82. The zero-order valence-corrected chi connectivity index (χ0v) is 14.4. The van der Waals surface area contributed by atoms with Crippen LogP contribution in [0.15, 0.2) is 29.3 Å². The van der Waals surface area contributed by atoms with E-state index < -0.39 is 15.9 Å². The summed E-state index contributed by atoms with van der Waals surface area (Å²) >= 11 is 23.3. The van der Waals surface area contributed by atoms with Crippen LogP contribution in [0.25, 0.3) is 0 Å². The van der Waals surface area contributed by atoms with E-state index in [9.17, 15) is 4.79 Å². The highest BCUT2D eigenvalue weighted by atomic mass is 35.6. The van der Waals surface area contributed by atoms with Crippen molar-refractivity contribution in [3.05, 3.63) is 34.9 Å². The molecule has 1 atom stereocenters. The maximum Gasteiger partial charge on any atom is 0.253 e. The topological polar surface area (TPSA) is 67.5 Å². The molecule has 0 aromatic heterocycles. The number of nitrogens with one attached hydrogen (secondary N) is 1. The van der Waals surface area contributed by atoms with Crippen LogP contribution in [0.4, 0.5) is 0 Å². The van der Waals surface area contributed by atoms with E-state index >= 15 is 0 Å². The Balaban J connectivity index is 2.94. The summed E-state index contributed by atoms with van der Waals surface area (Å²) in [6, 6.07) is 6.30. The second-order valence-corrected chi connectivity index (χ2v) is 7.44. The number of amides is 1. The number of aliphatic imine (C=N–C) groups is 1. The number of nitrogens with two attached hydrogens (primary N) is 1. The van der Waals surface area contributed by atoms with E-state index in [0.29, 0.717) is 10.6 Å². The number of carbonyl (C=O) groups is 1. The molecule has 1 aromatic rings. The first-order valence-corrected chi connectivity index (χ1v) is 7.58.